The van der Waals surface area contributed by atoms with Crippen LogP contribution in [-0.4, -0.2) is 48.4 Å². The molecule has 2 atom stereocenters. The number of hydrogen-bond acceptors (Lipinski definition) is 3. The fourth-order valence-electron chi connectivity index (χ4n) is 1.07. The van der Waals surface area contributed by atoms with Crippen molar-refractivity contribution in [3.8, 4) is 0 Å². The Bertz CT molecular complexity index is 162. The minimum Gasteiger partial charge on any atom is -0.388 e. The quantitative estimate of drug-likeness (QED) is 0.503. The zero-order valence-corrected chi connectivity index (χ0v) is 6.36. The van der Waals surface area contributed by atoms with Crippen molar-refractivity contribution in [1.82, 2.24) is 4.90 Å². The van der Waals surface area contributed by atoms with Crippen LogP contribution in [0.1, 0.15) is 0 Å². The molecule has 0 aromatic rings. The van der Waals surface area contributed by atoms with Crippen molar-refractivity contribution in [2.24, 2.45) is 5.73 Å². The molecule has 0 spiro atoms. The van der Waals surface area contributed by atoms with Gasteiger partial charge in [0.15, 0.2) is 0 Å². The highest BCUT2D eigenvalue weighted by Gasteiger charge is 2.31. The van der Waals surface area contributed by atoms with Crippen LogP contribution in [0.25, 0.3) is 0 Å². The van der Waals surface area contributed by atoms with Crippen molar-refractivity contribution in [2.75, 3.05) is 20.3 Å². The van der Waals surface area contributed by atoms with E-state index in [1.54, 1.807) is 7.05 Å². The average Bonchev–Trinajstić information content (AvgIpc) is 2.33. The Balaban J connectivity index is 2.52. The Morgan fingerprint density at radius 1 is 1.73 bits per heavy atom. The fourth-order valence-corrected chi connectivity index (χ4v) is 1.07. The monoisotopic (exact) mass is 160 g/mol. The Morgan fingerprint density at radius 3 is 2.73 bits per heavy atom. The van der Waals surface area contributed by atoms with Crippen LogP contribution in [0, 0.1) is 0 Å². The van der Waals surface area contributed by atoms with Crippen LogP contribution in [0.2, 0.25) is 0 Å². The van der Waals surface area contributed by atoms with E-state index in [4.69, 9.17) is 10.5 Å². The molecule has 64 valence electrons. The van der Waals surface area contributed by atoms with E-state index in [0.717, 1.165) is 0 Å². The maximum absolute atomic E-state index is 10.6. The molecule has 1 saturated heterocycles. The van der Waals surface area contributed by atoms with Gasteiger partial charge >= 0.3 is 6.03 Å². The van der Waals surface area contributed by atoms with Gasteiger partial charge in [0, 0.05) is 7.05 Å². The van der Waals surface area contributed by atoms with Crippen molar-refractivity contribution in [3.63, 3.8) is 0 Å². The molecule has 1 rings (SSSR count). The van der Waals surface area contributed by atoms with Gasteiger partial charge in [-0.05, 0) is 0 Å². The van der Waals surface area contributed by atoms with Crippen molar-refractivity contribution < 1.29 is 14.6 Å². The first-order chi connectivity index (χ1) is 5.13. The molecule has 0 aromatic heterocycles. The van der Waals surface area contributed by atoms with Crippen molar-refractivity contribution in [2.45, 2.75) is 12.1 Å². The van der Waals surface area contributed by atoms with E-state index >= 15 is 0 Å². The third-order valence-corrected chi connectivity index (χ3v) is 1.87. The maximum atomic E-state index is 10.6. The second-order valence-electron chi connectivity index (χ2n) is 2.62. The predicted octanol–water partition coefficient (Wildman–Crippen LogP) is -1.24. The summed E-state index contributed by atoms with van der Waals surface area (Å²) in [5.41, 5.74) is 5.00. The molecule has 0 unspecified atom stereocenters. The van der Waals surface area contributed by atoms with Crippen LogP contribution in [-0.2, 0) is 4.74 Å². The Morgan fingerprint density at radius 2 is 2.36 bits per heavy atom. The Kier molecular flexibility index (Phi) is 2.31. The summed E-state index contributed by atoms with van der Waals surface area (Å²) in [6.45, 7) is 0.642. The summed E-state index contributed by atoms with van der Waals surface area (Å²) in [7, 11) is 1.55. The Labute approximate surface area is 64.7 Å². The van der Waals surface area contributed by atoms with Gasteiger partial charge in [0.2, 0.25) is 0 Å². The van der Waals surface area contributed by atoms with E-state index in [2.05, 4.69) is 0 Å². The first-order valence-corrected chi connectivity index (χ1v) is 3.41. The molecule has 0 saturated carbocycles. The standard InChI is InChI=1S/C6H12N2O3/c1-8(6(7)10)4-2-11-3-5(4)9/h4-5,9H,2-3H2,1H3,(H2,7,10)/t4-,5-/m1/s1. The smallest absolute Gasteiger partial charge is 0.314 e. The number of hydrogen-bond donors (Lipinski definition) is 2. The largest absolute Gasteiger partial charge is 0.388 e. The predicted molar refractivity (Wildman–Crippen MR) is 38.0 cm³/mol. The van der Waals surface area contributed by atoms with Crippen molar-refractivity contribution in [1.29, 1.82) is 0 Å². The second kappa shape index (κ2) is 3.06. The minimum absolute atomic E-state index is 0.280. The molecular weight excluding hydrogens is 148 g/mol. The average molecular weight is 160 g/mol. The number of likely N-dealkylation sites (N-methyl/N-ethyl adjacent to an activating group) is 1. The van der Waals surface area contributed by atoms with Gasteiger partial charge in [0.05, 0.1) is 25.4 Å². The minimum atomic E-state index is -0.604. The number of carbonyl (C=O) groups excluding carboxylic acids is 1. The molecule has 5 heteroatoms. The van der Waals surface area contributed by atoms with Gasteiger partial charge in [-0.25, -0.2) is 4.79 Å². The van der Waals surface area contributed by atoms with E-state index in [0.29, 0.717) is 6.61 Å². The number of nitrogens with two attached hydrogens (primary N) is 1. The number of ether oxygens (including phenoxy) is 1. The molecule has 5 nitrogen and oxygen atoms in total. The molecule has 1 heterocycles. The van der Waals surface area contributed by atoms with Gasteiger partial charge in [-0.3, -0.25) is 0 Å². The molecule has 0 radical (unpaired) electrons. The summed E-state index contributed by atoms with van der Waals surface area (Å²) in [6.07, 6.45) is -0.604. The number of aliphatic hydroxyl groups excluding tert-OH is 1. The summed E-state index contributed by atoms with van der Waals surface area (Å²) in [4.78, 5) is 11.9. The summed E-state index contributed by atoms with van der Waals surface area (Å²) < 4.78 is 4.94. The number of urea groups is 1. The number of amides is 2. The maximum Gasteiger partial charge on any atom is 0.314 e. The first-order valence-electron chi connectivity index (χ1n) is 3.41. The van der Waals surface area contributed by atoms with Gasteiger partial charge in [0.1, 0.15) is 0 Å². The fraction of sp³-hybridized carbons (Fsp3) is 0.833. The molecule has 0 bridgehead atoms. The highest BCUT2D eigenvalue weighted by atomic mass is 16.5. The number of primary amides is 1. The van der Waals surface area contributed by atoms with E-state index in [1.807, 2.05) is 0 Å². The lowest BCUT2D eigenvalue weighted by molar-refractivity contribution is 0.105. The van der Waals surface area contributed by atoms with Gasteiger partial charge < -0.3 is 20.5 Å². The van der Waals surface area contributed by atoms with E-state index < -0.39 is 12.1 Å². The molecule has 1 fully saturated rings. The van der Waals surface area contributed by atoms with Gasteiger partial charge in [-0.1, -0.05) is 0 Å². The number of nitrogens with zero attached hydrogens (tertiary/aromatic N) is 1. The normalized spacial score (nSPS) is 30.4. The van der Waals surface area contributed by atoms with Gasteiger partial charge in [0.25, 0.3) is 0 Å². The highest BCUT2D eigenvalue weighted by molar-refractivity contribution is 5.72. The summed E-state index contributed by atoms with van der Waals surface area (Å²) in [5, 5.41) is 9.23. The topological polar surface area (TPSA) is 75.8 Å². The van der Waals surface area contributed by atoms with Crippen LogP contribution in [0.5, 0.6) is 0 Å². The molecule has 0 aromatic carbocycles. The van der Waals surface area contributed by atoms with Crippen LogP contribution in [0.15, 0.2) is 0 Å². The van der Waals surface area contributed by atoms with Gasteiger partial charge in [-0.15, -0.1) is 0 Å². The second-order valence-corrected chi connectivity index (χ2v) is 2.62. The van der Waals surface area contributed by atoms with Crippen LogP contribution in [0.3, 0.4) is 0 Å². The molecule has 1 aliphatic rings. The van der Waals surface area contributed by atoms with Crippen LogP contribution >= 0.6 is 0 Å². The zero-order valence-electron chi connectivity index (χ0n) is 6.36. The zero-order chi connectivity index (χ0) is 8.43. The first kappa shape index (κ1) is 8.29. The third kappa shape index (κ3) is 1.61. The lowest BCUT2D eigenvalue weighted by atomic mass is 10.2. The van der Waals surface area contributed by atoms with Crippen molar-refractivity contribution in [3.05, 3.63) is 0 Å². The molecule has 11 heavy (non-hydrogen) atoms. The SMILES string of the molecule is CN(C(N)=O)[C@@H]1COC[C@H]1O. The van der Waals surface area contributed by atoms with Crippen molar-refractivity contribution >= 4 is 6.03 Å². The van der Waals surface area contributed by atoms with E-state index in [-0.39, 0.29) is 12.6 Å². The van der Waals surface area contributed by atoms with E-state index in [9.17, 15) is 9.90 Å². The molecule has 1 aliphatic heterocycles. The summed E-state index contributed by atoms with van der Waals surface area (Å²) in [6, 6.07) is -0.827. The molecule has 3 N–H and O–H groups in total. The molecule has 0 aliphatic carbocycles. The highest BCUT2D eigenvalue weighted by Crippen LogP contribution is 2.10. The number of carbonyl (C=O) groups is 1. The lowest BCUT2D eigenvalue weighted by Gasteiger charge is -2.23. The summed E-state index contributed by atoms with van der Waals surface area (Å²) in [5.74, 6) is 0. The lowest BCUT2D eigenvalue weighted by Crippen LogP contribution is -2.46. The molecular formula is C6H12N2O3. The number of aliphatic hydroxyl groups is 1. The van der Waals surface area contributed by atoms with E-state index in [1.165, 1.54) is 4.90 Å². The van der Waals surface area contributed by atoms with Crippen LogP contribution < -0.4 is 5.73 Å². The Hall–Kier alpha value is -0.810. The third-order valence-electron chi connectivity index (χ3n) is 1.87. The van der Waals surface area contributed by atoms with Crippen LogP contribution in [0.4, 0.5) is 4.79 Å². The van der Waals surface area contributed by atoms with Gasteiger partial charge in [-0.2, -0.15) is 0 Å². The summed E-state index contributed by atoms with van der Waals surface area (Å²) >= 11 is 0. The number of rotatable bonds is 1. The molecule has 2 amide bonds.